The highest BCUT2D eigenvalue weighted by atomic mass is 79.9. The van der Waals surface area contributed by atoms with Gasteiger partial charge in [-0.25, -0.2) is 9.18 Å². The molecule has 4 rings (SSSR count). The zero-order chi connectivity index (χ0) is 30.8. The number of nitrogens with zero attached hydrogens (tertiary/aromatic N) is 2. The predicted octanol–water partition coefficient (Wildman–Crippen LogP) is 7.13. The van der Waals surface area contributed by atoms with Gasteiger partial charge in [-0.15, -0.1) is 0 Å². The minimum atomic E-state index is -0.631. The molecule has 0 spiro atoms. The number of amides is 1. The summed E-state index contributed by atoms with van der Waals surface area (Å²) in [6, 6.07) is 10.6. The third kappa shape index (κ3) is 7.03. The molecule has 2 atom stereocenters. The summed E-state index contributed by atoms with van der Waals surface area (Å²) in [4.78, 5) is 30.3. The van der Waals surface area contributed by atoms with Gasteiger partial charge >= 0.3 is 6.09 Å². The van der Waals surface area contributed by atoms with Crippen molar-refractivity contribution in [2.75, 3.05) is 13.7 Å². The van der Waals surface area contributed by atoms with Gasteiger partial charge in [-0.3, -0.25) is 9.78 Å². The van der Waals surface area contributed by atoms with Crippen molar-refractivity contribution in [2.24, 2.45) is 5.92 Å². The van der Waals surface area contributed by atoms with Gasteiger partial charge in [-0.2, -0.15) is 0 Å². The maximum absolute atomic E-state index is 16.4. The van der Waals surface area contributed by atoms with E-state index in [0.29, 0.717) is 38.5 Å². The van der Waals surface area contributed by atoms with Crippen LogP contribution in [0.15, 0.2) is 51.9 Å². The van der Waals surface area contributed by atoms with Gasteiger partial charge in [0.2, 0.25) is 0 Å². The van der Waals surface area contributed by atoms with E-state index < -0.39 is 17.5 Å². The van der Waals surface area contributed by atoms with Crippen LogP contribution in [0.3, 0.4) is 0 Å². The molecular formula is C32H37BrFN3O5. The first-order chi connectivity index (χ1) is 19.8. The second-order valence-corrected chi connectivity index (χ2v) is 12.5. The minimum Gasteiger partial charge on any atom is -0.497 e. The fourth-order valence-electron chi connectivity index (χ4n) is 5.02. The van der Waals surface area contributed by atoms with Crippen LogP contribution in [0.2, 0.25) is 0 Å². The molecule has 0 aliphatic heterocycles. The summed E-state index contributed by atoms with van der Waals surface area (Å²) in [5.41, 5.74) is 0.613. The van der Waals surface area contributed by atoms with Crippen LogP contribution in [0.1, 0.15) is 52.3 Å². The van der Waals surface area contributed by atoms with Crippen LogP contribution in [-0.2, 0) is 11.3 Å². The van der Waals surface area contributed by atoms with Crippen molar-refractivity contribution in [1.82, 2.24) is 14.9 Å². The average Bonchev–Trinajstić information content (AvgIpc) is 2.89. The summed E-state index contributed by atoms with van der Waals surface area (Å²) in [6.07, 6.45) is 1.72. The Morgan fingerprint density at radius 3 is 2.48 bits per heavy atom. The lowest BCUT2D eigenvalue weighted by Gasteiger charge is -2.23. The Labute approximate surface area is 253 Å². The van der Waals surface area contributed by atoms with Crippen molar-refractivity contribution in [1.29, 1.82) is 0 Å². The highest BCUT2D eigenvalue weighted by Crippen LogP contribution is 2.37. The van der Waals surface area contributed by atoms with Gasteiger partial charge in [-0.05, 0) is 92.7 Å². The summed E-state index contributed by atoms with van der Waals surface area (Å²) in [6.45, 7) is 11.4. The van der Waals surface area contributed by atoms with E-state index in [1.807, 2.05) is 26.0 Å². The highest BCUT2D eigenvalue weighted by molar-refractivity contribution is 9.10. The standard InChI is InChI=1S/C32H37BrFN3O5/c1-18(14-19(2)36-31(39)42-32(4,5)6)17-41-29-25(33)15-24-23-12-13-35-20(3)26(23)30(38)37(28(24)27(29)34)16-21-8-10-22(40-7)11-9-21/h8-13,15,18-19H,14,16-17H2,1-7H3,(H,36,39). The van der Waals surface area contributed by atoms with Crippen molar-refractivity contribution in [3.63, 3.8) is 0 Å². The number of nitrogens with one attached hydrogen (secondary N) is 1. The van der Waals surface area contributed by atoms with E-state index in [0.717, 1.165) is 5.56 Å². The lowest BCUT2D eigenvalue weighted by atomic mass is 10.0. The summed E-state index contributed by atoms with van der Waals surface area (Å²) in [5.74, 6) is 0.0531. The van der Waals surface area contributed by atoms with E-state index in [2.05, 4.69) is 26.2 Å². The topological polar surface area (TPSA) is 91.7 Å². The molecule has 0 aliphatic carbocycles. The van der Waals surface area contributed by atoms with E-state index in [4.69, 9.17) is 14.2 Å². The van der Waals surface area contributed by atoms with Crippen LogP contribution in [0.25, 0.3) is 21.7 Å². The van der Waals surface area contributed by atoms with Crippen LogP contribution < -0.4 is 20.3 Å². The molecule has 0 fully saturated rings. The van der Waals surface area contributed by atoms with E-state index in [9.17, 15) is 9.59 Å². The molecule has 0 radical (unpaired) electrons. The third-order valence-electron chi connectivity index (χ3n) is 6.84. The molecule has 4 aromatic rings. The first-order valence-corrected chi connectivity index (χ1v) is 14.6. The number of carbonyl (C=O) groups is 1. The summed E-state index contributed by atoms with van der Waals surface area (Å²) in [5, 5.41) is 4.46. The number of alkyl carbamates (subject to hydrolysis) is 1. The van der Waals surface area contributed by atoms with Crippen LogP contribution >= 0.6 is 15.9 Å². The molecule has 224 valence electrons. The smallest absolute Gasteiger partial charge is 0.407 e. The number of carbonyl (C=O) groups excluding carboxylic acids is 1. The second-order valence-electron chi connectivity index (χ2n) is 11.7. The van der Waals surface area contributed by atoms with Gasteiger partial charge in [0, 0.05) is 23.0 Å². The molecule has 0 saturated heterocycles. The maximum Gasteiger partial charge on any atom is 0.407 e. The Morgan fingerprint density at radius 1 is 1.14 bits per heavy atom. The normalized spacial score (nSPS) is 13.2. The molecule has 10 heteroatoms. The molecule has 2 aromatic carbocycles. The number of rotatable bonds is 9. The predicted molar refractivity (Wildman–Crippen MR) is 166 cm³/mol. The van der Waals surface area contributed by atoms with Gasteiger partial charge < -0.3 is 24.1 Å². The van der Waals surface area contributed by atoms with Crippen molar-refractivity contribution in [2.45, 2.75) is 66.2 Å². The molecule has 42 heavy (non-hydrogen) atoms. The molecule has 1 amide bonds. The van der Waals surface area contributed by atoms with Crippen LogP contribution in [0, 0.1) is 18.7 Å². The largest absolute Gasteiger partial charge is 0.497 e. The minimum absolute atomic E-state index is 0.0233. The van der Waals surface area contributed by atoms with E-state index in [1.54, 1.807) is 65.3 Å². The van der Waals surface area contributed by atoms with Crippen molar-refractivity contribution in [3.8, 4) is 11.5 Å². The fourth-order valence-corrected chi connectivity index (χ4v) is 5.54. The molecule has 0 saturated carbocycles. The number of fused-ring (bicyclic) bond motifs is 3. The summed E-state index contributed by atoms with van der Waals surface area (Å²) in [7, 11) is 1.58. The summed E-state index contributed by atoms with van der Waals surface area (Å²) >= 11 is 3.50. The first kappa shape index (κ1) is 31.3. The van der Waals surface area contributed by atoms with Crippen molar-refractivity contribution in [3.05, 3.63) is 74.5 Å². The van der Waals surface area contributed by atoms with Crippen LogP contribution in [-0.4, -0.2) is 41.0 Å². The monoisotopic (exact) mass is 641 g/mol. The lowest BCUT2D eigenvalue weighted by Crippen LogP contribution is -2.38. The Hall–Kier alpha value is -3.66. The Morgan fingerprint density at radius 2 is 1.83 bits per heavy atom. The van der Waals surface area contributed by atoms with Crippen LogP contribution in [0.4, 0.5) is 9.18 Å². The van der Waals surface area contributed by atoms with Gasteiger partial charge in [-0.1, -0.05) is 19.1 Å². The number of aromatic nitrogens is 2. The number of aryl methyl sites for hydroxylation is 1. The SMILES string of the molecule is COc1ccc(Cn2c(=O)c3c(C)nccc3c3cc(Br)c(OCC(C)CC(C)NC(=O)OC(C)(C)C)c(F)c32)cc1. The molecular weight excluding hydrogens is 605 g/mol. The summed E-state index contributed by atoms with van der Waals surface area (Å²) < 4.78 is 34.9. The number of halogens is 2. The van der Waals surface area contributed by atoms with E-state index in [-0.39, 0.29) is 41.9 Å². The van der Waals surface area contributed by atoms with E-state index in [1.165, 1.54) is 4.57 Å². The van der Waals surface area contributed by atoms with Gasteiger partial charge in [0.25, 0.3) is 5.56 Å². The zero-order valence-electron chi connectivity index (χ0n) is 25.0. The van der Waals surface area contributed by atoms with Gasteiger partial charge in [0.05, 0.1) is 41.3 Å². The number of hydrogen-bond donors (Lipinski definition) is 1. The van der Waals surface area contributed by atoms with Crippen molar-refractivity contribution < 1.29 is 23.4 Å². The van der Waals surface area contributed by atoms with Gasteiger partial charge in [0.15, 0.2) is 11.6 Å². The number of ether oxygens (including phenoxy) is 3. The highest BCUT2D eigenvalue weighted by Gasteiger charge is 2.23. The van der Waals surface area contributed by atoms with Crippen LogP contribution in [0.5, 0.6) is 11.5 Å². The third-order valence-corrected chi connectivity index (χ3v) is 7.43. The molecule has 1 N–H and O–H groups in total. The van der Waals surface area contributed by atoms with Gasteiger partial charge in [0.1, 0.15) is 11.4 Å². The maximum atomic E-state index is 16.4. The Kier molecular flexibility index (Phi) is 9.45. The molecule has 0 aliphatic rings. The quantitative estimate of drug-likeness (QED) is 0.195. The lowest BCUT2D eigenvalue weighted by molar-refractivity contribution is 0.0500. The fraction of sp³-hybridized carbons (Fsp3) is 0.406. The number of hydrogen-bond acceptors (Lipinski definition) is 6. The molecule has 0 bridgehead atoms. The molecule has 8 nitrogen and oxygen atoms in total. The Balaban J connectivity index is 1.68. The first-order valence-electron chi connectivity index (χ1n) is 13.8. The second kappa shape index (κ2) is 12.7. The van der Waals surface area contributed by atoms with Crippen molar-refractivity contribution >= 4 is 43.7 Å². The molecule has 2 heterocycles. The zero-order valence-corrected chi connectivity index (χ0v) is 26.6. The van der Waals surface area contributed by atoms with E-state index >= 15 is 4.39 Å². The Bertz CT molecular complexity index is 1660. The number of pyridine rings is 2. The molecule has 2 unspecified atom stereocenters. The molecule has 2 aromatic heterocycles. The number of methoxy groups -OCH3 is 1. The number of benzene rings is 2. The average molecular weight is 643 g/mol.